The SMILES string of the molecule is CS(=O)(=O)NCCCNS(=O)(=O)c1cc(N)ccc1Br. The van der Waals surface area contributed by atoms with Gasteiger partial charge >= 0.3 is 0 Å². The highest BCUT2D eigenvalue weighted by Gasteiger charge is 2.17. The van der Waals surface area contributed by atoms with E-state index in [0.717, 1.165) is 6.26 Å². The first-order valence-corrected chi connectivity index (χ1v) is 9.78. The third-order valence-electron chi connectivity index (χ3n) is 2.25. The molecular formula is C10H16BrN3O4S2. The molecule has 0 aromatic heterocycles. The maximum Gasteiger partial charge on any atom is 0.241 e. The minimum atomic E-state index is -3.68. The van der Waals surface area contributed by atoms with Gasteiger partial charge in [0.25, 0.3) is 0 Å². The number of hydrogen-bond acceptors (Lipinski definition) is 5. The molecule has 0 bridgehead atoms. The van der Waals surface area contributed by atoms with Crippen molar-refractivity contribution in [3.8, 4) is 0 Å². The molecule has 4 N–H and O–H groups in total. The summed E-state index contributed by atoms with van der Waals surface area (Å²) in [6, 6.07) is 4.48. The van der Waals surface area contributed by atoms with Crippen molar-refractivity contribution in [1.82, 2.24) is 9.44 Å². The van der Waals surface area contributed by atoms with Crippen molar-refractivity contribution >= 4 is 41.7 Å². The molecule has 0 saturated carbocycles. The number of rotatable bonds is 7. The van der Waals surface area contributed by atoms with E-state index in [-0.39, 0.29) is 18.0 Å². The zero-order valence-corrected chi connectivity index (χ0v) is 14.0. The van der Waals surface area contributed by atoms with Crippen molar-refractivity contribution in [3.05, 3.63) is 22.7 Å². The summed E-state index contributed by atoms with van der Waals surface area (Å²) in [5, 5.41) is 0. The number of nitrogen functional groups attached to an aromatic ring is 1. The lowest BCUT2D eigenvalue weighted by atomic mass is 10.3. The van der Waals surface area contributed by atoms with Crippen LogP contribution < -0.4 is 15.2 Å². The Morgan fingerprint density at radius 1 is 1.15 bits per heavy atom. The minimum absolute atomic E-state index is 0.0496. The summed E-state index contributed by atoms with van der Waals surface area (Å²) in [4.78, 5) is 0.0496. The summed E-state index contributed by atoms with van der Waals surface area (Å²) < 4.78 is 50.8. The van der Waals surface area contributed by atoms with Crippen LogP contribution in [0.25, 0.3) is 0 Å². The highest BCUT2D eigenvalue weighted by molar-refractivity contribution is 9.10. The molecule has 0 aliphatic rings. The second kappa shape index (κ2) is 6.85. The van der Waals surface area contributed by atoms with E-state index >= 15 is 0 Å². The number of sulfonamides is 2. The van der Waals surface area contributed by atoms with Crippen molar-refractivity contribution in [2.45, 2.75) is 11.3 Å². The Bertz CT molecular complexity index is 674. The average Bonchev–Trinajstić information content (AvgIpc) is 2.30. The molecule has 0 radical (unpaired) electrons. The van der Waals surface area contributed by atoms with Gasteiger partial charge in [-0.2, -0.15) is 0 Å². The number of nitrogens with two attached hydrogens (primary N) is 1. The minimum Gasteiger partial charge on any atom is -0.399 e. The largest absolute Gasteiger partial charge is 0.399 e. The van der Waals surface area contributed by atoms with Crippen molar-refractivity contribution in [1.29, 1.82) is 0 Å². The summed E-state index contributed by atoms with van der Waals surface area (Å²) >= 11 is 3.15. The molecule has 1 rings (SSSR count). The van der Waals surface area contributed by atoms with Crippen LogP contribution in [0.5, 0.6) is 0 Å². The molecular weight excluding hydrogens is 370 g/mol. The Morgan fingerprint density at radius 2 is 1.75 bits per heavy atom. The summed E-state index contributed by atoms with van der Waals surface area (Å²) in [7, 11) is -6.94. The number of nitrogens with one attached hydrogen (secondary N) is 2. The van der Waals surface area contributed by atoms with Crippen LogP contribution in [0.3, 0.4) is 0 Å². The van der Waals surface area contributed by atoms with Crippen LogP contribution in [0.15, 0.2) is 27.6 Å². The Hall–Kier alpha value is -0.680. The van der Waals surface area contributed by atoms with E-state index in [1.54, 1.807) is 12.1 Å². The smallest absolute Gasteiger partial charge is 0.241 e. The molecule has 0 amide bonds. The molecule has 0 aliphatic heterocycles. The van der Waals surface area contributed by atoms with Crippen LogP contribution in [0.1, 0.15) is 6.42 Å². The normalized spacial score (nSPS) is 12.5. The van der Waals surface area contributed by atoms with Gasteiger partial charge in [-0.25, -0.2) is 26.3 Å². The molecule has 20 heavy (non-hydrogen) atoms. The van der Waals surface area contributed by atoms with Gasteiger partial charge in [0.15, 0.2) is 0 Å². The quantitative estimate of drug-likeness (QED) is 0.459. The van der Waals surface area contributed by atoms with Crippen LogP contribution in [-0.2, 0) is 20.0 Å². The standard InChI is InChI=1S/C10H16BrN3O4S2/c1-19(15,16)13-5-2-6-14-20(17,18)10-7-8(12)3-4-9(10)11/h3-4,7,13-14H,2,5-6,12H2,1H3. The van der Waals surface area contributed by atoms with Gasteiger partial charge in [0.05, 0.1) is 11.2 Å². The molecule has 10 heteroatoms. The first kappa shape index (κ1) is 17.4. The number of hydrogen-bond donors (Lipinski definition) is 3. The van der Waals surface area contributed by atoms with E-state index in [2.05, 4.69) is 25.4 Å². The van der Waals surface area contributed by atoms with E-state index in [1.165, 1.54) is 6.07 Å². The average molecular weight is 386 g/mol. The molecule has 7 nitrogen and oxygen atoms in total. The molecule has 0 saturated heterocycles. The summed E-state index contributed by atoms with van der Waals surface area (Å²) in [5.41, 5.74) is 5.90. The molecule has 0 heterocycles. The van der Waals surface area contributed by atoms with Gasteiger partial charge in [-0.3, -0.25) is 0 Å². The first-order chi connectivity index (χ1) is 9.12. The Labute approximate surface area is 127 Å². The van der Waals surface area contributed by atoms with Crippen molar-refractivity contribution in [2.75, 3.05) is 25.1 Å². The summed E-state index contributed by atoms with van der Waals surface area (Å²) in [6.45, 7) is 0.283. The van der Waals surface area contributed by atoms with Gasteiger partial charge < -0.3 is 5.73 Å². The van der Waals surface area contributed by atoms with Gasteiger partial charge in [0.1, 0.15) is 0 Å². The van der Waals surface area contributed by atoms with Gasteiger partial charge in [-0.15, -0.1) is 0 Å². The lowest BCUT2D eigenvalue weighted by molar-refractivity contribution is 0.574. The fourth-order valence-corrected chi connectivity index (χ4v) is 3.94. The molecule has 0 spiro atoms. The van der Waals surface area contributed by atoms with Crippen LogP contribution in [0, 0.1) is 0 Å². The topological polar surface area (TPSA) is 118 Å². The second-order valence-electron chi connectivity index (χ2n) is 4.11. The van der Waals surface area contributed by atoms with Gasteiger partial charge in [-0.1, -0.05) is 0 Å². The number of anilines is 1. The Kier molecular flexibility index (Phi) is 5.95. The second-order valence-corrected chi connectivity index (χ2v) is 8.53. The molecule has 0 fully saturated rings. The van der Waals surface area contributed by atoms with Crippen LogP contribution in [0.2, 0.25) is 0 Å². The number of benzene rings is 1. The fourth-order valence-electron chi connectivity index (χ4n) is 1.36. The lowest BCUT2D eigenvalue weighted by Gasteiger charge is -2.09. The highest BCUT2D eigenvalue weighted by Crippen LogP contribution is 2.23. The van der Waals surface area contributed by atoms with Crippen LogP contribution in [-0.4, -0.2) is 36.2 Å². The van der Waals surface area contributed by atoms with E-state index in [0.29, 0.717) is 16.6 Å². The van der Waals surface area contributed by atoms with Gasteiger partial charge in [-0.05, 0) is 40.5 Å². The van der Waals surface area contributed by atoms with E-state index in [9.17, 15) is 16.8 Å². The first-order valence-electron chi connectivity index (χ1n) is 5.61. The predicted molar refractivity (Wildman–Crippen MR) is 81.2 cm³/mol. The van der Waals surface area contributed by atoms with Gasteiger partial charge in [0, 0.05) is 23.2 Å². The van der Waals surface area contributed by atoms with Crippen LogP contribution >= 0.6 is 15.9 Å². The molecule has 0 aliphatic carbocycles. The van der Waals surface area contributed by atoms with Crippen molar-refractivity contribution in [2.24, 2.45) is 0 Å². The lowest BCUT2D eigenvalue weighted by Crippen LogP contribution is -2.29. The van der Waals surface area contributed by atoms with E-state index < -0.39 is 20.0 Å². The Morgan fingerprint density at radius 3 is 2.35 bits per heavy atom. The van der Waals surface area contributed by atoms with E-state index in [1.807, 2.05) is 0 Å². The zero-order chi connectivity index (χ0) is 15.4. The fraction of sp³-hybridized carbons (Fsp3) is 0.400. The number of halogens is 1. The maximum absolute atomic E-state index is 12.0. The molecule has 114 valence electrons. The van der Waals surface area contributed by atoms with E-state index in [4.69, 9.17) is 5.73 Å². The van der Waals surface area contributed by atoms with Gasteiger partial charge in [0.2, 0.25) is 20.0 Å². The molecule has 0 unspecified atom stereocenters. The highest BCUT2D eigenvalue weighted by atomic mass is 79.9. The molecule has 1 aromatic rings. The third-order valence-corrected chi connectivity index (χ3v) is 5.44. The zero-order valence-electron chi connectivity index (χ0n) is 10.8. The predicted octanol–water partition coefficient (Wildman–Crippen LogP) is 0.249. The molecule has 0 atom stereocenters. The Balaban J connectivity index is 2.60. The monoisotopic (exact) mass is 385 g/mol. The maximum atomic E-state index is 12.0. The molecule has 1 aromatic carbocycles. The van der Waals surface area contributed by atoms with Crippen molar-refractivity contribution in [3.63, 3.8) is 0 Å². The summed E-state index contributed by atoms with van der Waals surface area (Å²) in [6.07, 6.45) is 1.38. The van der Waals surface area contributed by atoms with Crippen molar-refractivity contribution < 1.29 is 16.8 Å². The third kappa shape index (κ3) is 5.75. The summed E-state index contributed by atoms with van der Waals surface area (Å²) in [5.74, 6) is 0. The van der Waals surface area contributed by atoms with Crippen LogP contribution in [0.4, 0.5) is 5.69 Å².